The summed E-state index contributed by atoms with van der Waals surface area (Å²) in [7, 11) is 0. The molecule has 0 aliphatic heterocycles. The predicted molar refractivity (Wildman–Crippen MR) is 62.7 cm³/mol. The Morgan fingerprint density at radius 2 is 2.25 bits per heavy atom. The van der Waals surface area contributed by atoms with Gasteiger partial charge in [-0.1, -0.05) is 11.6 Å². The number of halogens is 1. The van der Waals surface area contributed by atoms with Crippen molar-refractivity contribution < 1.29 is 4.74 Å². The molecule has 0 aromatic carbocycles. The molecule has 0 atom stereocenters. The number of ether oxygens (including phenoxy) is 1. The zero-order valence-electron chi connectivity index (χ0n) is 9.16. The highest BCUT2D eigenvalue weighted by atomic mass is 35.5. The Balaban J connectivity index is 2.18. The maximum absolute atomic E-state index is 6.03. The molecule has 0 bridgehead atoms. The molecule has 0 amide bonds. The molecule has 1 aromatic heterocycles. The topological polar surface area (TPSA) is 35.0 Å². The Hall–Kier alpha value is -1.27. The number of aromatic nitrogens is 2. The van der Waals surface area contributed by atoms with Crippen LogP contribution >= 0.6 is 11.6 Å². The summed E-state index contributed by atoms with van der Waals surface area (Å²) in [6, 6.07) is 0. The number of hydrogen-bond acceptors (Lipinski definition) is 3. The summed E-state index contributed by atoms with van der Waals surface area (Å²) in [4.78, 5) is 8.64. The normalized spacial score (nSPS) is 14.6. The Bertz CT molecular complexity index is 435. The summed E-state index contributed by atoms with van der Waals surface area (Å²) in [5, 5.41) is 0.479. The van der Waals surface area contributed by atoms with Crippen LogP contribution in [-0.4, -0.2) is 16.6 Å². The summed E-state index contributed by atoms with van der Waals surface area (Å²) in [5.74, 6) is 4.35. The first-order valence-corrected chi connectivity index (χ1v) is 5.70. The molecule has 0 spiro atoms. The standard InChI is InChI=1S/C12H13ClN2O/c1-3-4-7-16-12-8(2)10(13)14-11(15-12)9-5-6-9/h1,9H,4-7H2,2H3. The maximum atomic E-state index is 6.03. The molecule has 0 radical (unpaired) electrons. The lowest BCUT2D eigenvalue weighted by Crippen LogP contribution is -2.04. The monoisotopic (exact) mass is 236 g/mol. The van der Waals surface area contributed by atoms with Gasteiger partial charge in [0.05, 0.1) is 0 Å². The van der Waals surface area contributed by atoms with Gasteiger partial charge < -0.3 is 4.74 Å². The van der Waals surface area contributed by atoms with Gasteiger partial charge in [0.25, 0.3) is 0 Å². The molecule has 0 saturated heterocycles. The lowest BCUT2D eigenvalue weighted by atomic mass is 10.3. The predicted octanol–water partition coefficient (Wildman–Crippen LogP) is 2.72. The lowest BCUT2D eigenvalue weighted by Gasteiger charge is -2.09. The molecule has 1 heterocycles. The fourth-order valence-electron chi connectivity index (χ4n) is 1.36. The average Bonchev–Trinajstić information content (AvgIpc) is 3.08. The zero-order valence-corrected chi connectivity index (χ0v) is 9.92. The number of nitrogens with zero attached hydrogens (tertiary/aromatic N) is 2. The van der Waals surface area contributed by atoms with Gasteiger partial charge in [0, 0.05) is 17.9 Å². The van der Waals surface area contributed by atoms with E-state index in [1.807, 2.05) is 6.92 Å². The first-order chi connectivity index (χ1) is 7.72. The van der Waals surface area contributed by atoms with Gasteiger partial charge in [-0.15, -0.1) is 12.3 Å². The SMILES string of the molecule is C#CCCOc1nc(C2CC2)nc(Cl)c1C. The second-order valence-electron chi connectivity index (χ2n) is 3.88. The minimum Gasteiger partial charge on any atom is -0.476 e. The Morgan fingerprint density at radius 3 is 2.88 bits per heavy atom. The summed E-state index contributed by atoms with van der Waals surface area (Å²) in [6.07, 6.45) is 8.01. The van der Waals surface area contributed by atoms with Crippen LogP contribution in [0.25, 0.3) is 0 Å². The van der Waals surface area contributed by atoms with Crippen molar-refractivity contribution in [1.29, 1.82) is 0 Å². The molecular formula is C12H13ClN2O. The second kappa shape index (κ2) is 4.71. The fraction of sp³-hybridized carbons (Fsp3) is 0.500. The van der Waals surface area contributed by atoms with Crippen molar-refractivity contribution in [3.8, 4) is 18.2 Å². The van der Waals surface area contributed by atoms with E-state index in [0.29, 0.717) is 30.0 Å². The van der Waals surface area contributed by atoms with Crippen molar-refractivity contribution in [2.24, 2.45) is 0 Å². The minimum absolute atomic E-state index is 0.466. The molecule has 1 fully saturated rings. The minimum atomic E-state index is 0.466. The van der Waals surface area contributed by atoms with Crippen LogP contribution in [0.3, 0.4) is 0 Å². The number of terminal acetylenes is 1. The Kier molecular flexibility index (Phi) is 3.31. The lowest BCUT2D eigenvalue weighted by molar-refractivity contribution is 0.310. The van der Waals surface area contributed by atoms with Crippen LogP contribution in [0.1, 0.15) is 36.6 Å². The molecule has 0 unspecified atom stereocenters. The molecule has 84 valence electrons. The van der Waals surface area contributed by atoms with Crippen molar-refractivity contribution in [2.75, 3.05) is 6.61 Å². The highest BCUT2D eigenvalue weighted by Gasteiger charge is 2.28. The molecule has 1 aromatic rings. The van der Waals surface area contributed by atoms with Crippen molar-refractivity contribution in [2.45, 2.75) is 32.1 Å². The van der Waals surface area contributed by atoms with Gasteiger partial charge in [0.2, 0.25) is 5.88 Å². The van der Waals surface area contributed by atoms with Crippen LogP contribution in [0.5, 0.6) is 5.88 Å². The van der Waals surface area contributed by atoms with E-state index in [1.165, 1.54) is 0 Å². The van der Waals surface area contributed by atoms with Gasteiger partial charge in [-0.3, -0.25) is 0 Å². The van der Waals surface area contributed by atoms with Crippen LogP contribution in [-0.2, 0) is 0 Å². The molecule has 1 aliphatic carbocycles. The van der Waals surface area contributed by atoms with E-state index >= 15 is 0 Å². The van der Waals surface area contributed by atoms with E-state index < -0.39 is 0 Å². The van der Waals surface area contributed by atoms with E-state index in [1.54, 1.807) is 0 Å². The zero-order chi connectivity index (χ0) is 11.5. The van der Waals surface area contributed by atoms with Crippen molar-refractivity contribution in [3.05, 3.63) is 16.5 Å². The third-order valence-electron chi connectivity index (χ3n) is 2.49. The first kappa shape index (κ1) is 11.2. The summed E-state index contributed by atoms with van der Waals surface area (Å²) in [6.45, 7) is 2.32. The highest BCUT2D eigenvalue weighted by molar-refractivity contribution is 6.30. The van der Waals surface area contributed by atoms with Crippen LogP contribution < -0.4 is 4.74 Å². The summed E-state index contributed by atoms with van der Waals surface area (Å²) >= 11 is 6.03. The third kappa shape index (κ3) is 2.45. The van der Waals surface area contributed by atoms with Gasteiger partial charge in [0.1, 0.15) is 17.6 Å². The van der Waals surface area contributed by atoms with Gasteiger partial charge in [-0.25, -0.2) is 4.98 Å². The van der Waals surface area contributed by atoms with Crippen molar-refractivity contribution >= 4 is 11.6 Å². The molecule has 3 nitrogen and oxygen atoms in total. The van der Waals surface area contributed by atoms with Gasteiger partial charge in [-0.2, -0.15) is 4.98 Å². The molecule has 2 rings (SSSR count). The van der Waals surface area contributed by atoms with E-state index in [2.05, 4.69) is 15.9 Å². The molecule has 1 saturated carbocycles. The molecule has 16 heavy (non-hydrogen) atoms. The van der Waals surface area contributed by atoms with E-state index in [-0.39, 0.29) is 0 Å². The third-order valence-corrected chi connectivity index (χ3v) is 2.85. The van der Waals surface area contributed by atoms with E-state index in [0.717, 1.165) is 24.2 Å². The Labute approximate surface area is 100 Å². The molecular weight excluding hydrogens is 224 g/mol. The summed E-state index contributed by atoms with van der Waals surface area (Å²) < 4.78 is 5.50. The van der Waals surface area contributed by atoms with E-state index in [9.17, 15) is 0 Å². The smallest absolute Gasteiger partial charge is 0.221 e. The van der Waals surface area contributed by atoms with Gasteiger partial charge >= 0.3 is 0 Å². The van der Waals surface area contributed by atoms with Crippen LogP contribution in [0.15, 0.2) is 0 Å². The molecule has 4 heteroatoms. The first-order valence-electron chi connectivity index (χ1n) is 5.32. The van der Waals surface area contributed by atoms with Crippen molar-refractivity contribution in [3.63, 3.8) is 0 Å². The number of hydrogen-bond donors (Lipinski definition) is 0. The van der Waals surface area contributed by atoms with Crippen molar-refractivity contribution in [1.82, 2.24) is 9.97 Å². The molecule has 1 aliphatic rings. The van der Waals surface area contributed by atoms with Crippen LogP contribution in [0.2, 0.25) is 5.15 Å². The number of rotatable bonds is 4. The maximum Gasteiger partial charge on any atom is 0.221 e. The highest BCUT2D eigenvalue weighted by Crippen LogP contribution is 2.39. The van der Waals surface area contributed by atoms with Gasteiger partial charge in [-0.05, 0) is 19.8 Å². The van der Waals surface area contributed by atoms with E-state index in [4.69, 9.17) is 22.8 Å². The summed E-state index contributed by atoms with van der Waals surface area (Å²) in [5.41, 5.74) is 0.781. The second-order valence-corrected chi connectivity index (χ2v) is 4.24. The quantitative estimate of drug-likeness (QED) is 0.458. The van der Waals surface area contributed by atoms with Crippen LogP contribution in [0, 0.1) is 19.3 Å². The fourth-order valence-corrected chi connectivity index (χ4v) is 1.52. The van der Waals surface area contributed by atoms with Gasteiger partial charge in [0.15, 0.2) is 0 Å². The largest absolute Gasteiger partial charge is 0.476 e. The Morgan fingerprint density at radius 1 is 1.50 bits per heavy atom. The van der Waals surface area contributed by atoms with Crippen LogP contribution in [0.4, 0.5) is 0 Å². The average molecular weight is 237 g/mol. The molecule has 0 N–H and O–H groups in total.